The van der Waals surface area contributed by atoms with Gasteiger partial charge in [0.1, 0.15) is 0 Å². The molecule has 0 bridgehead atoms. The number of amides is 1. The molecule has 1 heterocycles. The topological polar surface area (TPSA) is 73.2 Å². The quantitative estimate of drug-likeness (QED) is 0.671. The second-order valence-electron chi connectivity index (χ2n) is 6.91. The number of nitrogens with one attached hydrogen (secondary N) is 1. The van der Waals surface area contributed by atoms with Crippen LogP contribution in [0.25, 0.3) is 5.69 Å². The average Bonchev–Trinajstić information content (AvgIpc) is 3.43. The van der Waals surface area contributed by atoms with Crippen LogP contribution in [-0.4, -0.2) is 27.7 Å². The molecule has 0 spiro atoms. The highest BCUT2D eigenvalue weighted by atomic mass is 16.5. The Hall–Kier alpha value is -3.41. The maximum atomic E-state index is 12.7. The number of aromatic nitrogens is 2. The number of ether oxygens (including phenoxy) is 1. The molecular weight excluding hydrogens is 354 g/mol. The zero-order chi connectivity index (χ0) is 19.5. The van der Waals surface area contributed by atoms with Crippen molar-refractivity contribution in [2.75, 3.05) is 0 Å². The van der Waals surface area contributed by atoms with Crippen molar-refractivity contribution in [3.05, 3.63) is 83.7 Å². The molecule has 28 heavy (non-hydrogen) atoms. The summed E-state index contributed by atoms with van der Waals surface area (Å²) in [5.41, 5.74) is 2.88. The Kier molecular flexibility index (Phi) is 4.93. The summed E-state index contributed by atoms with van der Waals surface area (Å²) in [6, 6.07) is 18.1. The number of rotatable bonds is 6. The Bertz CT molecular complexity index is 976. The second-order valence-corrected chi connectivity index (χ2v) is 6.91. The fourth-order valence-electron chi connectivity index (χ4n) is 2.96. The van der Waals surface area contributed by atoms with E-state index in [4.69, 9.17) is 4.74 Å². The number of carbonyl (C=O) groups is 2. The predicted octanol–water partition coefficient (Wildman–Crippen LogP) is 3.36. The third kappa shape index (κ3) is 3.96. The van der Waals surface area contributed by atoms with Gasteiger partial charge in [-0.25, -0.2) is 9.48 Å². The highest BCUT2D eigenvalue weighted by Gasteiger charge is 2.31. The minimum Gasteiger partial charge on any atom is -0.444 e. The van der Waals surface area contributed by atoms with Crippen LogP contribution in [-0.2, 0) is 9.53 Å². The van der Waals surface area contributed by atoms with Crippen LogP contribution in [0.1, 0.15) is 40.6 Å². The number of hydrogen-bond acceptors (Lipinski definition) is 4. The molecule has 1 aliphatic rings. The van der Waals surface area contributed by atoms with Crippen LogP contribution in [0.2, 0.25) is 0 Å². The molecule has 0 unspecified atom stereocenters. The van der Waals surface area contributed by atoms with Crippen LogP contribution >= 0.6 is 0 Å². The first-order valence-electron chi connectivity index (χ1n) is 9.29. The zero-order valence-corrected chi connectivity index (χ0v) is 15.5. The minimum absolute atomic E-state index is 0.189. The van der Waals surface area contributed by atoms with Crippen molar-refractivity contribution in [3.63, 3.8) is 0 Å². The molecule has 1 aliphatic carbocycles. The summed E-state index contributed by atoms with van der Waals surface area (Å²) >= 11 is 0. The molecule has 1 N–H and O–H groups in total. The van der Waals surface area contributed by atoms with Gasteiger partial charge in [0.15, 0.2) is 0 Å². The first kappa shape index (κ1) is 18.0. The van der Waals surface area contributed by atoms with Gasteiger partial charge in [0, 0.05) is 23.5 Å². The van der Waals surface area contributed by atoms with Gasteiger partial charge in [-0.3, -0.25) is 4.79 Å². The summed E-state index contributed by atoms with van der Waals surface area (Å²) in [6.07, 6.45) is 2.69. The molecule has 2 aromatic carbocycles. The number of nitrogens with zero attached hydrogens (tertiary/aromatic N) is 2. The van der Waals surface area contributed by atoms with E-state index in [0.717, 1.165) is 24.2 Å². The van der Waals surface area contributed by atoms with Gasteiger partial charge < -0.3 is 10.1 Å². The maximum Gasteiger partial charge on any atom is 0.339 e. The summed E-state index contributed by atoms with van der Waals surface area (Å²) in [7, 11) is 0. The minimum atomic E-state index is -0.970. The maximum absolute atomic E-state index is 12.7. The van der Waals surface area contributed by atoms with Crippen LogP contribution in [0.3, 0.4) is 0 Å². The van der Waals surface area contributed by atoms with Crippen molar-refractivity contribution in [2.45, 2.75) is 31.9 Å². The van der Waals surface area contributed by atoms with E-state index in [9.17, 15) is 9.59 Å². The van der Waals surface area contributed by atoms with Crippen molar-refractivity contribution >= 4 is 11.9 Å². The normalized spacial score (nSPS) is 14.3. The van der Waals surface area contributed by atoms with Gasteiger partial charge in [-0.15, -0.1) is 0 Å². The van der Waals surface area contributed by atoms with Crippen molar-refractivity contribution in [1.29, 1.82) is 0 Å². The summed E-state index contributed by atoms with van der Waals surface area (Å²) in [5, 5.41) is 7.17. The van der Waals surface area contributed by atoms with Gasteiger partial charge in [0.05, 0.1) is 11.3 Å². The molecule has 0 radical (unpaired) electrons. The van der Waals surface area contributed by atoms with E-state index in [0.29, 0.717) is 11.1 Å². The van der Waals surface area contributed by atoms with Crippen molar-refractivity contribution in [1.82, 2.24) is 15.1 Å². The highest BCUT2D eigenvalue weighted by molar-refractivity contribution is 5.93. The average molecular weight is 375 g/mol. The lowest BCUT2D eigenvalue weighted by Gasteiger charge is -2.18. The van der Waals surface area contributed by atoms with Crippen molar-refractivity contribution < 1.29 is 14.3 Å². The predicted molar refractivity (Wildman–Crippen MR) is 104 cm³/mol. The lowest BCUT2D eigenvalue weighted by Crippen LogP contribution is -2.33. The molecule has 4 rings (SSSR count). The first-order valence-corrected chi connectivity index (χ1v) is 9.29. The Morgan fingerprint density at radius 3 is 2.39 bits per heavy atom. The third-order valence-electron chi connectivity index (χ3n) is 4.67. The van der Waals surface area contributed by atoms with E-state index in [1.54, 1.807) is 47.3 Å². The van der Waals surface area contributed by atoms with Crippen LogP contribution in [0.5, 0.6) is 0 Å². The SMILES string of the molecule is Cc1ccnn1-c1ccc(C(=O)O[C@@H](C(=O)NC2CC2)c2ccccc2)cc1. The molecule has 1 atom stereocenters. The van der Waals surface area contributed by atoms with Gasteiger partial charge in [0.25, 0.3) is 5.91 Å². The lowest BCUT2D eigenvalue weighted by molar-refractivity contribution is -0.130. The molecule has 142 valence electrons. The number of benzene rings is 2. The van der Waals surface area contributed by atoms with Crippen LogP contribution < -0.4 is 5.32 Å². The Balaban J connectivity index is 1.52. The zero-order valence-electron chi connectivity index (χ0n) is 15.5. The smallest absolute Gasteiger partial charge is 0.339 e. The van der Waals surface area contributed by atoms with Gasteiger partial charge in [-0.2, -0.15) is 5.10 Å². The Labute approximate surface area is 163 Å². The van der Waals surface area contributed by atoms with Crippen LogP contribution in [0.4, 0.5) is 0 Å². The van der Waals surface area contributed by atoms with E-state index >= 15 is 0 Å². The Morgan fingerprint density at radius 1 is 1.07 bits per heavy atom. The van der Waals surface area contributed by atoms with Crippen LogP contribution in [0.15, 0.2) is 66.9 Å². The third-order valence-corrected chi connectivity index (χ3v) is 4.67. The van der Waals surface area contributed by atoms with E-state index in [1.165, 1.54) is 0 Å². The fourth-order valence-corrected chi connectivity index (χ4v) is 2.96. The molecule has 1 saturated carbocycles. The van der Waals surface area contributed by atoms with Crippen molar-refractivity contribution in [3.8, 4) is 5.69 Å². The number of esters is 1. The van der Waals surface area contributed by atoms with Crippen molar-refractivity contribution in [2.24, 2.45) is 0 Å². The molecule has 1 fully saturated rings. The fraction of sp³-hybridized carbons (Fsp3) is 0.227. The summed E-state index contributed by atoms with van der Waals surface area (Å²) < 4.78 is 7.38. The van der Waals surface area contributed by atoms with E-state index < -0.39 is 12.1 Å². The molecule has 1 amide bonds. The summed E-state index contributed by atoms with van der Waals surface area (Å²) in [4.78, 5) is 25.3. The standard InChI is InChI=1S/C22H21N3O3/c1-15-13-14-23-25(15)19-11-7-17(8-12-19)22(27)28-20(16-5-3-2-4-6-16)21(26)24-18-9-10-18/h2-8,11-14,18,20H,9-10H2,1H3,(H,24,26)/t20-/m1/s1. The second kappa shape index (κ2) is 7.68. The highest BCUT2D eigenvalue weighted by Crippen LogP contribution is 2.24. The number of aryl methyl sites for hydroxylation is 1. The van der Waals surface area contributed by atoms with E-state index in [1.807, 2.05) is 31.2 Å². The monoisotopic (exact) mass is 375 g/mol. The Morgan fingerprint density at radius 2 is 1.79 bits per heavy atom. The summed E-state index contributed by atoms with van der Waals surface area (Å²) in [5.74, 6) is -0.825. The largest absolute Gasteiger partial charge is 0.444 e. The molecule has 1 aromatic heterocycles. The van der Waals surface area contributed by atoms with Gasteiger partial charge in [0.2, 0.25) is 6.10 Å². The first-order chi connectivity index (χ1) is 13.6. The molecule has 0 aliphatic heterocycles. The molecular formula is C22H21N3O3. The van der Waals surface area contributed by atoms with Gasteiger partial charge in [-0.1, -0.05) is 30.3 Å². The summed E-state index contributed by atoms with van der Waals surface area (Å²) in [6.45, 7) is 1.96. The van der Waals surface area contributed by atoms with E-state index in [2.05, 4.69) is 10.4 Å². The van der Waals surface area contributed by atoms with Gasteiger partial charge in [-0.05, 0) is 50.1 Å². The van der Waals surface area contributed by atoms with Gasteiger partial charge >= 0.3 is 5.97 Å². The number of carbonyl (C=O) groups excluding carboxylic acids is 2. The molecule has 6 heteroatoms. The molecule has 6 nitrogen and oxygen atoms in total. The van der Waals surface area contributed by atoms with Crippen LogP contribution in [0, 0.1) is 6.92 Å². The lowest BCUT2D eigenvalue weighted by atomic mass is 10.1. The molecule has 3 aromatic rings. The molecule has 0 saturated heterocycles. The number of hydrogen-bond donors (Lipinski definition) is 1. The van der Waals surface area contributed by atoms with E-state index in [-0.39, 0.29) is 11.9 Å².